The van der Waals surface area contributed by atoms with Gasteiger partial charge in [-0.1, -0.05) is 6.07 Å². The number of rotatable bonds is 3. The van der Waals surface area contributed by atoms with E-state index in [1.54, 1.807) is 19.9 Å². The number of hydrogen-bond donors (Lipinski definition) is 4. The molecule has 4 N–H and O–H groups in total. The quantitative estimate of drug-likeness (QED) is 0.699. The van der Waals surface area contributed by atoms with Crippen LogP contribution in [0.5, 0.6) is 0 Å². The summed E-state index contributed by atoms with van der Waals surface area (Å²) in [7, 11) is 0. The number of aryl methyl sites for hydroxylation is 2. The standard InChI is InChI=1S/C14H14FN3O3/c1-7-3-4-10(9(15)5-7)17-14(21)18-11-6-8(2)16-12(11)13(19)20/h3-6,16H,1-2H3,(H,19,20)(H2,17,18,21). The number of H-pyrrole nitrogens is 1. The van der Waals surface area contributed by atoms with Crippen LogP contribution in [0.1, 0.15) is 21.7 Å². The molecule has 0 atom stereocenters. The predicted molar refractivity (Wildman–Crippen MR) is 76.3 cm³/mol. The number of aromatic carboxylic acids is 1. The molecule has 2 aromatic rings. The van der Waals surface area contributed by atoms with E-state index in [0.29, 0.717) is 5.69 Å². The summed E-state index contributed by atoms with van der Waals surface area (Å²) in [6, 6.07) is 5.14. The fourth-order valence-electron chi connectivity index (χ4n) is 1.85. The molecule has 0 radical (unpaired) electrons. The van der Waals surface area contributed by atoms with Crippen LogP contribution in [0.2, 0.25) is 0 Å². The van der Waals surface area contributed by atoms with Gasteiger partial charge >= 0.3 is 12.0 Å². The van der Waals surface area contributed by atoms with Gasteiger partial charge in [0.05, 0.1) is 11.4 Å². The zero-order valence-corrected chi connectivity index (χ0v) is 11.5. The summed E-state index contributed by atoms with van der Waals surface area (Å²) in [4.78, 5) is 25.4. The number of urea groups is 1. The van der Waals surface area contributed by atoms with Crippen molar-refractivity contribution < 1.29 is 19.1 Å². The first-order valence-corrected chi connectivity index (χ1v) is 6.14. The van der Waals surface area contributed by atoms with Crippen LogP contribution in [-0.2, 0) is 0 Å². The first-order chi connectivity index (χ1) is 9.86. The van der Waals surface area contributed by atoms with E-state index in [1.165, 1.54) is 18.2 Å². The maximum absolute atomic E-state index is 13.6. The van der Waals surface area contributed by atoms with Gasteiger partial charge in [-0.05, 0) is 37.6 Å². The van der Waals surface area contributed by atoms with E-state index < -0.39 is 17.8 Å². The van der Waals surface area contributed by atoms with E-state index in [4.69, 9.17) is 5.11 Å². The van der Waals surface area contributed by atoms with Crippen molar-refractivity contribution in [3.05, 3.63) is 47.0 Å². The van der Waals surface area contributed by atoms with Gasteiger partial charge in [0.25, 0.3) is 0 Å². The van der Waals surface area contributed by atoms with Crippen molar-refractivity contribution in [2.24, 2.45) is 0 Å². The van der Waals surface area contributed by atoms with E-state index in [0.717, 1.165) is 5.56 Å². The molecular formula is C14H14FN3O3. The number of halogens is 1. The molecule has 1 aromatic heterocycles. The lowest BCUT2D eigenvalue weighted by molar-refractivity contribution is 0.0692. The fourth-order valence-corrected chi connectivity index (χ4v) is 1.85. The number of aromatic nitrogens is 1. The number of carbonyl (C=O) groups is 2. The number of amides is 2. The van der Waals surface area contributed by atoms with Crippen molar-refractivity contribution in [3.63, 3.8) is 0 Å². The van der Waals surface area contributed by atoms with E-state index in [2.05, 4.69) is 15.6 Å². The average molecular weight is 291 g/mol. The second-order valence-electron chi connectivity index (χ2n) is 4.61. The van der Waals surface area contributed by atoms with Gasteiger partial charge in [-0.3, -0.25) is 0 Å². The Morgan fingerprint density at radius 1 is 1.14 bits per heavy atom. The summed E-state index contributed by atoms with van der Waals surface area (Å²) in [5.74, 6) is -1.76. The maximum Gasteiger partial charge on any atom is 0.354 e. The van der Waals surface area contributed by atoms with Crippen LogP contribution in [0.25, 0.3) is 0 Å². The molecule has 6 nitrogen and oxygen atoms in total. The molecular weight excluding hydrogens is 277 g/mol. The molecule has 110 valence electrons. The molecule has 21 heavy (non-hydrogen) atoms. The third-order valence-corrected chi connectivity index (χ3v) is 2.79. The number of anilines is 2. The Labute approximate surface area is 120 Å². The van der Waals surface area contributed by atoms with Crippen LogP contribution in [-0.4, -0.2) is 22.1 Å². The fraction of sp³-hybridized carbons (Fsp3) is 0.143. The van der Waals surface area contributed by atoms with E-state index >= 15 is 0 Å². The maximum atomic E-state index is 13.6. The van der Waals surface area contributed by atoms with Gasteiger partial charge in [-0.2, -0.15) is 0 Å². The van der Waals surface area contributed by atoms with Crippen LogP contribution >= 0.6 is 0 Å². The van der Waals surface area contributed by atoms with Crippen molar-refractivity contribution in [2.45, 2.75) is 13.8 Å². The first kappa shape index (κ1) is 14.6. The van der Waals surface area contributed by atoms with Crippen LogP contribution < -0.4 is 10.6 Å². The Bertz CT molecular complexity index is 709. The minimum absolute atomic E-state index is 0.0160. The Morgan fingerprint density at radius 2 is 1.81 bits per heavy atom. The van der Waals surface area contributed by atoms with Gasteiger partial charge in [0.15, 0.2) is 0 Å². The SMILES string of the molecule is Cc1ccc(NC(=O)Nc2cc(C)[nH]c2C(=O)O)c(F)c1. The zero-order valence-electron chi connectivity index (χ0n) is 11.5. The first-order valence-electron chi connectivity index (χ1n) is 6.14. The van der Waals surface area contributed by atoms with Crippen molar-refractivity contribution >= 4 is 23.4 Å². The molecule has 0 aliphatic rings. The Kier molecular flexibility index (Phi) is 3.93. The third-order valence-electron chi connectivity index (χ3n) is 2.79. The topological polar surface area (TPSA) is 94.2 Å². The largest absolute Gasteiger partial charge is 0.477 e. The molecule has 7 heteroatoms. The molecule has 0 spiro atoms. The van der Waals surface area contributed by atoms with E-state index in [-0.39, 0.29) is 17.1 Å². The van der Waals surface area contributed by atoms with Crippen LogP contribution in [0, 0.1) is 19.7 Å². The molecule has 0 saturated carbocycles. The molecule has 1 aromatic carbocycles. The zero-order chi connectivity index (χ0) is 15.6. The summed E-state index contributed by atoms with van der Waals surface area (Å²) in [5.41, 5.74) is 1.32. The summed E-state index contributed by atoms with van der Waals surface area (Å²) >= 11 is 0. The summed E-state index contributed by atoms with van der Waals surface area (Å²) in [5, 5.41) is 13.7. The van der Waals surface area contributed by atoms with Crippen molar-refractivity contribution in [1.29, 1.82) is 0 Å². The Hall–Kier alpha value is -2.83. The van der Waals surface area contributed by atoms with E-state index in [9.17, 15) is 14.0 Å². The van der Waals surface area contributed by atoms with Gasteiger partial charge in [0.2, 0.25) is 0 Å². The minimum atomic E-state index is -1.19. The Morgan fingerprint density at radius 3 is 2.43 bits per heavy atom. The van der Waals surface area contributed by atoms with Crippen LogP contribution in [0.3, 0.4) is 0 Å². The van der Waals surface area contributed by atoms with Gasteiger partial charge in [0.1, 0.15) is 11.5 Å². The highest BCUT2D eigenvalue weighted by molar-refractivity contribution is 6.04. The molecule has 0 aliphatic heterocycles. The number of carboxylic acids is 1. The molecule has 0 aliphatic carbocycles. The summed E-state index contributed by atoms with van der Waals surface area (Å²) < 4.78 is 13.6. The second-order valence-corrected chi connectivity index (χ2v) is 4.61. The lowest BCUT2D eigenvalue weighted by Crippen LogP contribution is -2.21. The monoisotopic (exact) mass is 291 g/mol. The Balaban J connectivity index is 2.13. The lowest BCUT2D eigenvalue weighted by atomic mass is 10.2. The summed E-state index contributed by atoms with van der Waals surface area (Å²) in [6.07, 6.45) is 0. The molecule has 0 bridgehead atoms. The molecule has 0 saturated heterocycles. The average Bonchev–Trinajstić information content (AvgIpc) is 2.74. The van der Waals surface area contributed by atoms with Crippen LogP contribution in [0.15, 0.2) is 24.3 Å². The highest BCUT2D eigenvalue weighted by atomic mass is 19.1. The third kappa shape index (κ3) is 3.38. The van der Waals surface area contributed by atoms with Gasteiger partial charge < -0.3 is 20.7 Å². The molecule has 1 heterocycles. The van der Waals surface area contributed by atoms with Gasteiger partial charge in [-0.25, -0.2) is 14.0 Å². The van der Waals surface area contributed by atoms with Crippen LogP contribution in [0.4, 0.5) is 20.6 Å². The molecule has 0 unspecified atom stereocenters. The number of carboxylic acid groups (broad SMARTS) is 1. The molecule has 2 rings (SSSR count). The number of nitrogens with one attached hydrogen (secondary N) is 3. The number of aromatic amines is 1. The highest BCUT2D eigenvalue weighted by Gasteiger charge is 2.16. The van der Waals surface area contributed by atoms with Crippen molar-refractivity contribution in [3.8, 4) is 0 Å². The molecule has 0 fully saturated rings. The lowest BCUT2D eigenvalue weighted by Gasteiger charge is -2.08. The number of hydrogen-bond acceptors (Lipinski definition) is 2. The van der Waals surface area contributed by atoms with Gasteiger partial charge in [0, 0.05) is 5.69 Å². The smallest absolute Gasteiger partial charge is 0.354 e. The predicted octanol–water partition coefficient (Wildman–Crippen LogP) is 3.11. The number of benzene rings is 1. The van der Waals surface area contributed by atoms with Crippen molar-refractivity contribution in [1.82, 2.24) is 4.98 Å². The molecule has 2 amide bonds. The van der Waals surface area contributed by atoms with Crippen molar-refractivity contribution in [2.75, 3.05) is 10.6 Å². The number of carbonyl (C=O) groups excluding carboxylic acids is 1. The minimum Gasteiger partial charge on any atom is -0.477 e. The highest BCUT2D eigenvalue weighted by Crippen LogP contribution is 2.19. The van der Waals surface area contributed by atoms with E-state index in [1.807, 2.05) is 0 Å². The van der Waals surface area contributed by atoms with Gasteiger partial charge in [-0.15, -0.1) is 0 Å². The second kappa shape index (κ2) is 5.66. The normalized spacial score (nSPS) is 10.2. The summed E-state index contributed by atoms with van der Waals surface area (Å²) in [6.45, 7) is 3.39.